The van der Waals surface area contributed by atoms with Gasteiger partial charge in [0.15, 0.2) is 0 Å². The molecule has 0 aliphatic heterocycles. The quantitative estimate of drug-likeness (QED) is 0.0984. The van der Waals surface area contributed by atoms with Crippen molar-refractivity contribution in [3.05, 3.63) is 68.8 Å². The maximum absolute atomic E-state index is 12.6. The van der Waals surface area contributed by atoms with E-state index in [0.29, 0.717) is 0 Å². The Kier molecular flexibility index (Phi) is 18.6. The molecule has 0 spiro atoms. The van der Waals surface area contributed by atoms with Crippen molar-refractivity contribution in [3.8, 4) is 0 Å². The van der Waals surface area contributed by atoms with E-state index in [2.05, 4.69) is 121 Å². The molecule has 0 fully saturated rings. The third-order valence-electron chi connectivity index (χ3n) is 11.1. The molecule has 0 amide bonds. The van der Waals surface area contributed by atoms with Gasteiger partial charge in [0, 0.05) is 5.92 Å². The molecular weight excluding hydrogens is 671 g/mol. The van der Waals surface area contributed by atoms with Crippen LogP contribution in [0.2, 0.25) is 0 Å². The van der Waals surface area contributed by atoms with Gasteiger partial charge >= 0.3 is 7.82 Å². The Bertz CT molecular complexity index is 1340. The average Bonchev–Trinajstić information content (AvgIpc) is 3.01. The van der Waals surface area contributed by atoms with Crippen molar-refractivity contribution in [2.45, 2.75) is 227 Å². The van der Waals surface area contributed by atoms with Crippen LogP contribution in [0.1, 0.15) is 237 Å². The predicted molar refractivity (Wildman–Crippen MR) is 231 cm³/mol. The van der Waals surface area contributed by atoms with E-state index in [-0.39, 0.29) is 34.2 Å². The molecule has 0 bridgehead atoms. The van der Waals surface area contributed by atoms with Gasteiger partial charge in [-0.2, -0.15) is 0 Å². The van der Waals surface area contributed by atoms with Gasteiger partial charge in [0.1, 0.15) is 0 Å². The summed E-state index contributed by atoms with van der Waals surface area (Å²) in [7, 11) is -4.75. The van der Waals surface area contributed by atoms with Crippen LogP contribution in [-0.4, -0.2) is 16.4 Å². The SMILES string of the molecule is CCCCCCCCCc1cc(C(C)(C)C)cc(C(C)(C)C)c1C(COP(=O)(O)O)c1c(CCCCCCCCC)cc(C(C)(C)C)cc1C(C)(C)C. The molecule has 5 heteroatoms. The van der Waals surface area contributed by atoms with Gasteiger partial charge in [0.05, 0.1) is 6.61 Å². The Balaban J connectivity index is 3.00. The fourth-order valence-corrected chi connectivity index (χ4v) is 8.14. The number of rotatable bonds is 21. The van der Waals surface area contributed by atoms with Gasteiger partial charge in [-0.05, 0) is 91.9 Å². The molecule has 0 aliphatic carbocycles. The molecule has 0 aliphatic rings. The van der Waals surface area contributed by atoms with Gasteiger partial charge in [-0.25, -0.2) is 4.57 Å². The first-order valence-electron chi connectivity index (χ1n) is 21.5. The third kappa shape index (κ3) is 15.9. The maximum atomic E-state index is 12.6. The van der Waals surface area contributed by atoms with E-state index >= 15 is 0 Å². The molecule has 0 unspecified atom stereocenters. The van der Waals surface area contributed by atoms with Crippen molar-refractivity contribution in [2.24, 2.45) is 0 Å². The highest BCUT2D eigenvalue weighted by Gasteiger charge is 2.36. The molecule has 2 aromatic rings. The van der Waals surface area contributed by atoms with Gasteiger partial charge in [-0.3, -0.25) is 4.52 Å². The van der Waals surface area contributed by atoms with E-state index in [9.17, 15) is 14.4 Å². The molecule has 2 rings (SSSR count). The molecule has 0 heterocycles. The zero-order valence-electron chi connectivity index (χ0n) is 37.1. The van der Waals surface area contributed by atoms with Crippen LogP contribution in [0.15, 0.2) is 24.3 Å². The Hall–Kier alpha value is -1.45. The summed E-state index contributed by atoms with van der Waals surface area (Å²) in [4.78, 5) is 20.5. The van der Waals surface area contributed by atoms with Gasteiger partial charge in [0.25, 0.3) is 0 Å². The van der Waals surface area contributed by atoms with Crippen molar-refractivity contribution < 1.29 is 18.9 Å². The number of aryl methyl sites for hydroxylation is 2. The molecule has 0 saturated carbocycles. The summed E-state index contributed by atoms with van der Waals surface area (Å²) in [6.45, 7) is 32.0. The van der Waals surface area contributed by atoms with Crippen LogP contribution in [0.5, 0.6) is 0 Å². The number of phosphoric acid groups is 1. The fourth-order valence-electron chi connectivity index (χ4n) is 7.80. The lowest BCUT2D eigenvalue weighted by atomic mass is 9.68. The standard InChI is InChI=1S/C48H83O4P/c1-15-17-19-21-23-25-27-29-36-31-38(45(3,4)5)33-41(47(9,10)11)43(36)40(35-52-53(49,50)51)44-37(30-28-26-24-22-20-18-16-2)32-39(46(6,7)8)34-42(44)48(12,13)14/h31-34,40H,15-30,35H2,1-14H3,(H2,49,50,51). The van der Waals surface area contributed by atoms with Crippen molar-refractivity contribution in [2.75, 3.05) is 6.61 Å². The molecule has 0 radical (unpaired) electrons. The molecule has 304 valence electrons. The summed E-state index contributed by atoms with van der Waals surface area (Å²) < 4.78 is 18.3. The van der Waals surface area contributed by atoms with E-state index in [4.69, 9.17) is 4.52 Å². The minimum absolute atomic E-state index is 0.0431. The van der Waals surface area contributed by atoms with E-state index in [1.54, 1.807) is 0 Å². The molecule has 2 N–H and O–H groups in total. The second-order valence-corrected chi connectivity index (χ2v) is 21.5. The smallest absolute Gasteiger partial charge is 0.303 e. The summed E-state index contributed by atoms with van der Waals surface area (Å²) in [6, 6.07) is 9.68. The molecule has 4 nitrogen and oxygen atoms in total. The van der Waals surface area contributed by atoms with Crippen LogP contribution in [0, 0.1) is 0 Å². The van der Waals surface area contributed by atoms with Crippen molar-refractivity contribution in [1.82, 2.24) is 0 Å². The lowest BCUT2D eigenvalue weighted by Gasteiger charge is -2.37. The third-order valence-corrected chi connectivity index (χ3v) is 11.6. The Morgan fingerprint density at radius 3 is 1.11 bits per heavy atom. The first kappa shape index (κ1) is 47.7. The van der Waals surface area contributed by atoms with Crippen LogP contribution in [-0.2, 0) is 43.6 Å². The van der Waals surface area contributed by atoms with Crippen LogP contribution >= 0.6 is 7.82 Å². The fraction of sp³-hybridized carbons (Fsp3) is 0.750. The number of phosphoric ester groups is 1. The van der Waals surface area contributed by atoms with Crippen LogP contribution in [0.25, 0.3) is 0 Å². The van der Waals surface area contributed by atoms with Crippen molar-refractivity contribution in [1.29, 1.82) is 0 Å². The van der Waals surface area contributed by atoms with Crippen molar-refractivity contribution >= 4 is 7.82 Å². The summed E-state index contributed by atoms with van der Waals surface area (Å²) in [5.41, 5.74) is 9.77. The lowest BCUT2D eigenvalue weighted by molar-refractivity contribution is 0.190. The topological polar surface area (TPSA) is 66.8 Å². The van der Waals surface area contributed by atoms with Crippen LogP contribution < -0.4 is 0 Å². The highest BCUT2D eigenvalue weighted by molar-refractivity contribution is 7.46. The van der Waals surface area contributed by atoms with Gasteiger partial charge in [-0.1, -0.05) is 198 Å². The first-order valence-corrected chi connectivity index (χ1v) is 23.0. The van der Waals surface area contributed by atoms with Crippen molar-refractivity contribution in [3.63, 3.8) is 0 Å². The van der Waals surface area contributed by atoms with Crippen LogP contribution in [0.4, 0.5) is 0 Å². The van der Waals surface area contributed by atoms with Crippen LogP contribution in [0.3, 0.4) is 0 Å². The zero-order chi connectivity index (χ0) is 40.3. The number of benzene rings is 2. The van der Waals surface area contributed by atoms with E-state index < -0.39 is 7.82 Å². The first-order chi connectivity index (χ1) is 24.4. The van der Waals surface area contributed by atoms with Gasteiger partial charge in [0.2, 0.25) is 0 Å². The van der Waals surface area contributed by atoms with Gasteiger partial charge in [-0.15, -0.1) is 0 Å². The highest BCUT2D eigenvalue weighted by Crippen LogP contribution is 2.48. The largest absolute Gasteiger partial charge is 0.469 e. The maximum Gasteiger partial charge on any atom is 0.469 e. The number of hydrogen-bond donors (Lipinski definition) is 2. The molecule has 53 heavy (non-hydrogen) atoms. The minimum atomic E-state index is -4.75. The van der Waals surface area contributed by atoms with E-state index in [1.165, 1.54) is 122 Å². The monoisotopic (exact) mass is 755 g/mol. The lowest BCUT2D eigenvalue weighted by Crippen LogP contribution is -2.27. The second kappa shape index (κ2) is 20.6. The summed E-state index contributed by atoms with van der Waals surface area (Å²) in [5, 5.41) is 0. The zero-order valence-corrected chi connectivity index (χ0v) is 38.0. The highest BCUT2D eigenvalue weighted by atomic mass is 31.2. The minimum Gasteiger partial charge on any atom is -0.303 e. The summed E-state index contributed by atoms with van der Waals surface area (Å²) in [6.07, 6.45) is 19.3. The Morgan fingerprint density at radius 2 is 0.830 bits per heavy atom. The molecular formula is C48H83O4P. The summed E-state index contributed by atoms with van der Waals surface area (Å²) in [5.74, 6) is -0.326. The van der Waals surface area contributed by atoms with E-state index in [0.717, 1.165) is 25.7 Å². The second-order valence-electron chi connectivity index (χ2n) is 20.3. The number of unbranched alkanes of at least 4 members (excludes halogenated alkanes) is 12. The average molecular weight is 755 g/mol. The molecule has 2 aromatic carbocycles. The normalized spacial score (nSPS) is 13.4. The number of hydrogen-bond acceptors (Lipinski definition) is 2. The van der Waals surface area contributed by atoms with Gasteiger partial charge < -0.3 is 9.79 Å². The molecule has 0 atom stereocenters. The summed E-state index contributed by atoms with van der Waals surface area (Å²) >= 11 is 0. The molecule has 0 saturated heterocycles. The Labute approximate surface area is 328 Å². The predicted octanol–water partition coefficient (Wildman–Crippen LogP) is 14.7. The molecule has 0 aromatic heterocycles. The Morgan fingerprint density at radius 1 is 0.509 bits per heavy atom. The van der Waals surface area contributed by atoms with E-state index in [1.807, 2.05) is 0 Å².